The van der Waals surface area contributed by atoms with E-state index in [-0.39, 0.29) is 17.5 Å². The van der Waals surface area contributed by atoms with Gasteiger partial charge in [0.2, 0.25) is 10.0 Å². The number of hydrogen-bond acceptors (Lipinski definition) is 4. The number of para-hydroxylation sites is 1. The van der Waals surface area contributed by atoms with E-state index >= 15 is 0 Å². The first-order valence-corrected chi connectivity index (χ1v) is 11.4. The topological polar surface area (TPSA) is 95.6 Å². The number of aryl methyl sites for hydroxylation is 3. The lowest BCUT2D eigenvalue weighted by Crippen LogP contribution is -2.45. The van der Waals surface area contributed by atoms with E-state index in [0.29, 0.717) is 25.1 Å². The molecular formula is C22H27N3O4S. The Bertz CT molecular complexity index is 1030. The van der Waals surface area contributed by atoms with E-state index < -0.39 is 21.8 Å². The second-order valence-corrected chi connectivity index (χ2v) is 9.55. The first kappa shape index (κ1) is 22.0. The number of carbonyl (C=O) groups is 2. The highest BCUT2D eigenvalue weighted by atomic mass is 32.2. The highest BCUT2D eigenvalue weighted by Gasteiger charge is 2.35. The predicted octanol–water partition coefficient (Wildman–Crippen LogP) is 2.52. The van der Waals surface area contributed by atoms with Gasteiger partial charge in [-0.15, -0.1) is 0 Å². The van der Waals surface area contributed by atoms with Crippen molar-refractivity contribution in [1.29, 1.82) is 0 Å². The highest BCUT2D eigenvalue weighted by Crippen LogP contribution is 2.26. The Morgan fingerprint density at radius 3 is 2.27 bits per heavy atom. The van der Waals surface area contributed by atoms with Crippen LogP contribution in [-0.4, -0.2) is 43.7 Å². The molecule has 1 heterocycles. The molecule has 30 heavy (non-hydrogen) atoms. The van der Waals surface area contributed by atoms with E-state index in [2.05, 4.69) is 10.6 Å². The summed E-state index contributed by atoms with van der Waals surface area (Å²) in [6.07, 6.45) is 1.34. The maximum atomic E-state index is 13.0. The van der Waals surface area contributed by atoms with E-state index in [4.69, 9.17) is 0 Å². The van der Waals surface area contributed by atoms with Crippen molar-refractivity contribution >= 4 is 27.5 Å². The molecule has 1 fully saturated rings. The molecule has 0 radical (unpaired) electrons. The van der Waals surface area contributed by atoms with Crippen molar-refractivity contribution in [2.45, 2.75) is 44.6 Å². The number of benzene rings is 2. The quantitative estimate of drug-likeness (QED) is 0.714. The lowest BCUT2D eigenvalue weighted by atomic mass is 10.1. The second kappa shape index (κ2) is 8.97. The number of hydrogen-bond donors (Lipinski definition) is 2. The Kier molecular flexibility index (Phi) is 6.58. The summed E-state index contributed by atoms with van der Waals surface area (Å²) in [5.74, 6) is -1.55. The van der Waals surface area contributed by atoms with E-state index in [1.54, 1.807) is 24.3 Å². The lowest BCUT2D eigenvalue weighted by Gasteiger charge is -2.24. The van der Waals surface area contributed by atoms with Crippen molar-refractivity contribution < 1.29 is 18.0 Å². The number of rotatable bonds is 5. The van der Waals surface area contributed by atoms with Gasteiger partial charge in [0.15, 0.2) is 0 Å². The summed E-state index contributed by atoms with van der Waals surface area (Å²) >= 11 is 0. The monoisotopic (exact) mass is 429 g/mol. The predicted molar refractivity (Wildman–Crippen MR) is 116 cm³/mol. The molecule has 1 atom stereocenters. The third-order valence-electron chi connectivity index (χ3n) is 5.37. The summed E-state index contributed by atoms with van der Waals surface area (Å²) in [5, 5.41) is 5.23. The van der Waals surface area contributed by atoms with E-state index in [1.807, 2.05) is 39.0 Å². The molecule has 2 aromatic carbocycles. The molecular weight excluding hydrogens is 402 g/mol. The van der Waals surface area contributed by atoms with Gasteiger partial charge < -0.3 is 10.6 Å². The molecule has 0 spiro atoms. The number of carbonyl (C=O) groups excluding carboxylic acids is 2. The highest BCUT2D eigenvalue weighted by molar-refractivity contribution is 7.89. The summed E-state index contributed by atoms with van der Waals surface area (Å²) in [7, 11) is -3.65. The van der Waals surface area contributed by atoms with Crippen LogP contribution in [0.5, 0.6) is 0 Å². The van der Waals surface area contributed by atoms with Gasteiger partial charge in [0.25, 0.3) is 0 Å². The van der Waals surface area contributed by atoms with Crippen molar-refractivity contribution in [1.82, 2.24) is 9.62 Å². The maximum Gasteiger partial charge on any atom is 0.313 e. The number of anilines is 1. The molecule has 0 aliphatic carbocycles. The SMILES string of the molecule is Cc1ccc(S(=O)(=O)N2CCCC2CNC(=O)C(=O)Nc2c(C)cccc2C)cc1. The zero-order valence-corrected chi connectivity index (χ0v) is 18.3. The fourth-order valence-electron chi connectivity index (χ4n) is 3.65. The molecule has 1 aliphatic rings. The standard InChI is InChI=1S/C22H27N3O4S/c1-15-9-11-19(12-10-15)30(28,29)25-13-5-8-18(25)14-23-21(26)22(27)24-20-16(2)6-4-7-17(20)3/h4,6-7,9-12,18H,5,8,13-14H2,1-3H3,(H,23,26)(H,24,27). The summed E-state index contributed by atoms with van der Waals surface area (Å²) in [6, 6.07) is 11.9. The van der Waals surface area contributed by atoms with Crippen molar-refractivity contribution in [2.75, 3.05) is 18.4 Å². The first-order chi connectivity index (χ1) is 14.2. The molecule has 2 aromatic rings. The Labute approximate surface area is 177 Å². The van der Waals surface area contributed by atoms with Crippen LogP contribution in [0.2, 0.25) is 0 Å². The third kappa shape index (κ3) is 4.71. The number of sulfonamides is 1. The van der Waals surface area contributed by atoms with Crippen molar-refractivity contribution in [3.8, 4) is 0 Å². The van der Waals surface area contributed by atoms with E-state index in [9.17, 15) is 18.0 Å². The van der Waals surface area contributed by atoms with Crippen LogP contribution < -0.4 is 10.6 Å². The Morgan fingerprint density at radius 2 is 1.63 bits per heavy atom. The molecule has 8 heteroatoms. The zero-order valence-electron chi connectivity index (χ0n) is 17.4. The zero-order chi connectivity index (χ0) is 21.9. The average Bonchev–Trinajstić information content (AvgIpc) is 3.19. The van der Waals surface area contributed by atoms with Gasteiger partial charge in [0.1, 0.15) is 0 Å². The number of nitrogens with one attached hydrogen (secondary N) is 2. The molecule has 3 rings (SSSR count). The van der Waals surface area contributed by atoms with Gasteiger partial charge in [-0.05, 0) is 56.9 Å². The van der Waals surface area contributed by atoms with Crippen molar-refractivity contribution in [3.63, 3.8) is 0 Å². The molecule has 160 valence electrons. The van der Waals surface area contributed by atoms with Gasteiger partial charge in [0.05, 0.1) is 4.90 Å². The Hall–Kier alpha value is -2.71. The molecule has 0 saturated carbocycles. The minimum atomic E-state index is -3.65. The summed E-state index contributed by atoms with van der Waals surface area (Å²) in [4.78, 5) is 24.8. The molecule has 2 amide bonds. The van der Waals surface area contributed by atoms with Gasteiger partial charge in [-0.25, -0.2) is 8.42 Å². The van der Waals surface area contributed by atoms with Crippen LogP contribution in [0, 0.1) is 20.8 Å². The average molecular weight is 430 g/mol. The smallest absolute Gasteiger partial charge is 0.313 e. The molecule has 1 aliphatic heterocycles. The summed E-state index contributed by atoms with van der Waals surface area (Å²) < 4.78 is 27.4. The van der Waals surface area contributed by atoms with Crippen LogP contribution in [0.3, 0.4) is 0 Å². The molecule has 1 unspecified atom stereocenters. The summed E-state index contributed by atoms with van der Waals surface area (Å²) in [6.45, 7) is 6.09. The fourth-order valence-corrected chi connectivity index (χ4v) is 5.34. The Morgan fingerprint density at radius 1 is 1.00 bits per heavy atom. The van der Waals surface area contributed by atoms with Crippen molar-refractivity contribution in [3.05, 3.63) is 59.2 Å². The van der Waals surface area contributed by atoms with Gasteiger partial charge in [-0.1, -0.05) is 35.9 Å². The normalized spacial score (nSPS) is 17.0. The number of nitrogens with zero attached hydrogens (tertiary/aromatic N) is 1. The fraction of sp³-hybridized carbons (Fsp3) is 0.364. The van der Waals surface area contributed by atoms with Crippen LogP contribution in [0.15, 0.2) is 47.4 Å². The van der Waals surface area contributed by atoms with Gasteiger partial charge in [-0.3, -0.25) is 9.59 Å². The molecule has 0 bridgehead atoms. The molecule has 1 saturated heterocycles. The van der Waals surface area contributed by atoms with Crippen LogP contribution in [0.25, 0.3) is 0 Å². The first-order valence-electron chi connectivity index (χ1n) is 9.94. The van der Waals surface area contributed by atoms with Gasteiger partial charge in [-0.2, -0.15) is 4.31 Å². The minimum Gasteiger partial charge on any atom is -0.346 e. The number of amides is 2. The van der Waals surface area contributed by atoms with Crippen LogP contribution in [0.4, 0.5) is 5.69 Å². The van der Waals surface area contributed by atoms with Crippen LogP contribution in [0.1, 0.15) is 29.5 Å². The van der Waals surface area contributed by atoms with Crippen LogP contribution in [-0.2, 0) is 19.6 Å². The molecule has 2 N–H and O–H groups in total. The minimum absolute atomic E-state index is 0.0874. The lowest BCUT2D eigenvalue weighted by molar-refractivity contribution is -0.136. The van der Waals surface area contributed by atoms with Gasteiger partial charge in [0, 0.05) is 24.8 Å². The second-order valence-electron chi connectivity index (χ2n) is 7.66. The molecule has 0 aromatic heterocycles. The Balaban J connectivity index is 1.63. The summed E-state index contributed by atoms with van der Waals surface area (Å²) in [5.41, 5.74) is 3.32. The molecule has 7 nitrogen and oxygen atoms in total. The van der Waals surface area contributed by atoms with Crippen molar-refractivity contribution in [2.24, 2.45) is 0 Å². The van der Waals surface area contributed by atoms with E-state index in [0.717, 1.165) is 16.7 Å². The van der Waals surface area contributed by atoms with Gasteiger partial charge >= 0.3 is 11.8 Å². The third-order valence-corrected chi connectivity index (χ3v) is 7.34. The largest absolute Gasteiger partial charge is 0.346 e. The van der Waals surface area contributed by atoms with E-state index in [1.165, 1.54) is 4.31 Å². The maximum absolute atomic E-state index is 13.0. The van der Waals surface area contributed by atoms with Crippen LogP contribution >= 0.6 is 0 Å².